The Hall–Kier alpha value is -2.47. The minimum atomic E-state index is 0.386. The van der Waals surface area contributed by atoms with Gasteiger partial charge in [-0.05, 0) is 47.9 Å². The van der Waals surface area contributed by atoms with Crippen molar-refractivity contribution in [1.29, 1.82) is 5.26 Å². The highest BCUT2D eigenvalue weighted by Crippen LogP contribution is 2.29. The molecule has 0 saturated heterocycles. The standard InChI is InChI=1S/C17H17NO2/c1-12(2)13-4-9-17(14(10-13)11-18)20-16-7-5-15(19-3)6-8-16/h4-10,12H,1-3H3. The third-order valence-corrected chi connectivity index (χ3v) is 3.08. The van der Waals surface area contributed by atoms with Gasteiger partial charge in [0, 0.05) is 0 Å². The first-order valence-corrected chi connectivity index (χ1v) is 6.50. The smallest absolute Gasteiger partial charge is 0.145 e. The Balaban J connectivity index is 2.26. The summed E-state index contributed by atoms with van der Waals surface area (Å²) in [6.07, 6.45) is 0. The molecular weight excluding hydrogens is 250 g/mol. The summed E-state index contributed by atoms with van der Waals surface area (Å²) in [5.41, 5.74) is 1.68. The van der Waals surface area contributed by atoms with Gasteiger partial charge in [0.1, 0.15) is 23.3 Å². The van der Waals surface area contributed by atoms with Gasteiger partial charge >= 0.3 is 0 Å². The highest BCUT2D eigenvalue weighted by Gasteiger charge is 2.08. The Morgan fingerprint density at radius 2 is 1.65 bits per heavy atom. The second-order valence-corrected chi connectivity index (χ2v) is 4.80. The molecule has 2 aromatic carbocycles. The zero-order valence-electron chi connectivity index (χ0n) is 11.9. The molecule has 2 rings (SSSR count). The van der Waals surface area contributed by atoms with E-state index in [-0.39, 0.29) is 0 Å². The van der Waals surface area contributed by atoms with E-state index in [1.807, 2.05) is 42.5 Å². The second kappa shape index (κ2) is 6.12. The number of hydrogen-bond donors (Lipinski definition) is 0. The molecule has 0 radical (unpaired) electrons. The van der Waals surface area contributed by atoms with Gasteiger partial charge in [-0.3, -0.25) is 0 Å². The molecule has 0 saturated carbocycles. The van der Waals surface area contributed by atoms with E-state index in [2.05, 4.69) is 19.9 Å². The van der Waals surface area contributed by atoms with Crippen molar-refractivity contribution >= 4 is 0 Å². The first-order chi connectivity index (χ1) is 9.63. The number of methoxy groups -OCH3 is 1. The maximum atomic E-state index is 9.23. The number of benzene rings is 2. The van der Waals surface area contributed by atoms with Gasteiger partial charge in [0.2, 0.25) is 0 Å². The molecule has 0 aliphatic rings. The highest BCUT2D eigenvalue weighted by molar-refractivity contribution is 5.48. The number of ether oxygens (including phenoxy) is 2. The topological polar surface area (TPSA) is 42.2 Å². The average molecular weight is 267 g/mol. The van der Waals surface area contributed by atoms with Crippen LogP contribution in [0, 0.1) is 11.3 Å². The van der Waals surface area contributed by atoms with Crippen LogP contribution in [-0.4, -0.2) is 7.11 Å². The summed E-state index contributed by atoms with van der Waals surface area (Å²) in [6.45, 7) is 4.20. The van der Waals surface area contributed by atoms with Crippen LogP contribution in [0.3, 0.4) is 0 Å². The van der Waals surface area contributed by atoms with Crippen molar-refractivity contribution in [3.8, 4) is 23.3 Å². The molecule has 0 amide bonds. The SMILES string of the molecule is COc1ccc(Oc2ccc(C(C)C)cc2C#N)cc1. The summed E-state index contributed by atoms with van der Waals surface area (Å²) in [4.78, 5) is 0. The van der Waals surface area contributed by atoms with Crippen molar-refractivity contribution in [2.45, 2.75) is 19.8 Å². The molecule has 3 heteroatoms. The van der Waals surface area contributed by atoms with Crippen LogP contribution in [0.15, 0.2) is 42.5 Å². The van der Waals surface area contributed by atoms with Gasteiger partial charge in [0.05, 0.1) is 12.7 Å². The molecule has 102 valence electrons. The summed E-state index contributed by atoms with van der Waals surface area (Å²) >= 11 is 0. The first kappa shape index (κ1) is 14.0. The largest absolute Gasteiger partial charge is 0.497 e. The van der Waals surface area contributed by atoms with Crippen molar-refractivity contribution in [3.05, 3.63) is 53.6 Å². The second-order valence-electron chi connectivity index (χ2n) is 4.80. The fourth-order valence-electron chi connectivity index (χ4n) is 1.85. The van der Waals surface area contributed by atoms with Crippen LogP contribution in [0.4, 0.5) is 0 Å². The van der Waals surface area contributed by atoms with Gasteiger partial charge in [-0.1, -0.05) is 19.9 Å². The van der Waals surface area contributed by atoms with Gasteiger partial charge < -0.3 is 9.47 Å². The lowest BCUT2D eigenvalue weighted by Gasteiger charge is -2.11. The Morgan fingerprint density at radius 3 is 2.20 bits per heavy atom. The van der Waals surface area contributed by atoms with E-state index in [1.165, 1.54) is 0 Å². The molecule has 0 N–H and O–H groups in total. The van der Waals surface area contributed by atoms with Gasteiger partial charge in [-0.15, -0.1) is 0 Å². The molecule has 0 heterocycles. The van der Waals surface area contributed by atoms with Crippen LogP contribution in [-0.2, 0) is 0 Å². The van der Waals surface area contributed by atoms with Gasteiger partial charge in [0.15, 0.2) is 0 Å². The van der Waals surface area contributed by atoms with E-state index < -0.39 is 0 Å². The molecule has 2 aromatic rings. The van der Waals surface area contributed by atoms with E-state index in [9.17, 15) is 5.26 Å². The number of nitriles is 1. The molecule has 0 unspecified atom stereocenters. The molecule has 0 aliphatic heterocycles. The zero-order chi connectivity index (χ0) is 14.5. The molecule has 0 spiro atoms. The van der Waals surface area contributed by atoms with Crippen LogP contribution in [0.25, 0.3) is 0 Å². The summed E-state index contributed by atoms with van der Waals surface area (Å²) < 4.78 is 10.9. The molecule has 0 bridgehead atoms. The quantitative estimate of drug-likeness (QED) is 0.820. The summed E-state index contributed by atoms with van der Waals surface area (Å²) in [5, 5.41) is 9.23. The average Bonchev–Trinajstić information content (AvgIpc) is 2.48. The predicted molar refractivity (Wildman–Crippen MR) is 78.3 cm³/mol. The Morgan fingerprint density at radius 1 is 1.00 bits per heavy atom. The normalized spacial score (nSPS) is 10.2. The Kier molecular flexibility index (Phi) is 4.27. The molecule has 3 nitrogen and oxygen atoms in total. The molecule has 20 heavy (non-hydrogen) atoms. The minimum Gasteiger partial charge on any atom is -0.497 e. The Labute approximate surface area is 119 Å². The predicted octanol–water partition coefficient (Wildman–Crippen LogP) is 4.48. The van der Waals surface area contributed by atoms with E-state index in [0.29, 0.717) is 23.0 Å². The van der Waals surface area contributed by atoms with Crippen molar-refractivity contribution in [2.24, 2.45) is 0 Å². The molecule has 0 aromatic heterocycles. The maximum Gasteiger partial charge on any atom is 0.145 e. The van der Waals surface area contributed by atoms with Crippen LogP contribution in [0.1, 0.15) is 30.9 Å². The molecule has 0 fully saturated rings. The van der Waals surface area contributed by atoms with Crippen molar-refractivity contribution in [1.82, 2.24) is 0 Å². The van der Waals surface area contributed by atoms with Crippen LogP contribution in [0.5, 0.6) is 17.2 Å². The van der Waals surface area contributed by atoms with Crippen molar-refractivity contribution in [2.75, 3.05) is 7.11 Å². The van der Waals surface area contributed by atoms with Crippen molar-refractivity contribution in [3.63, 3.8) is 0 Å². The van der Waals surface area contributed by atoms with E-state index in [4.69, 9.17) is 9.47 Å². The van der Waals surface area contributed by atoms with Gasteiger partial charge in [0.25, 0.3) is 0 Å². The lowest BCUT2D eigenvalue weighted by molar-refractivity contribution is 0.413. The highest BCUT2D eigenvalue weighted by atomic mass is 16.5. The first-order valence-electron chi connectivity index (χ1n) is 6.50. The van der Waals surface area contributed by atoms with Crippen LogP contribution < -0.4 is 9.47 Å². The molecule has 0 aliphatic carbocycles. The van der Waals surface area contributed by atoms with E-state index >= 15 is 0 Å². The fraction of sp³-hybridized carbons (Fsp3) is 0.235. The van der Waals surface area contributed by atoms with Crippen LogP contribution >= 0.6 is 0 Å². The fourth-order valence-corrected chi connectivity index (χ4v) is 1.85. The van der Waals surface area contributed by atoms with Crippen molar-refractivity contribution < 1.29 is 9.47 Å². The summed E-state index contributed by atoms with van der Waals surface area (Å²) in [5.74, 6) is 2.41. The van der Waals surface area contributed by atoms with Gasteiger partial charge in [-0.2, -0.15) is 5.26 Å². The number of rotatable bonds is 4. The lowest BCUT2D eigenvalue weighted by Crippen LogP contribution is -1.93. The lowest BCUT2D eigenvalue weighted by atomic mass is 10.0. The van der Waals surface area contributed by atoms with E-state index in [0.717, 1.165) is 11.3 Å². The molecular formula is C17H17NO2. The Bertz CT molecular complexity index is 624. The summed E-state index contributed by atoms with van der Waals surface area (Å²) in [7, 11) is 1.62. The number of hydrogen-bond acceptors (Lipinski definition) is 3. The minimum absolute atomic E-state index is 0.386. The third-order valence-electron chi connectivity index (χ3n) is 3.08. The number of nitrogens with zero attached hydrogens (tertiary/aromatic N) is 1. The zero-order valence-corrected chi connectivity index (χ0v) is 11.9. The molecule has 0 atom stereocenters. The summed E-state index contributed by atoms with van der Waals surface area (Å²) in [6, 6.07) is 15.2. The van der Waals surface area contributed by atoms with E-state index in [1.54, 1.807) is 7.11 Å². The third kappa shape index (κ3) is 3.10. The van der Waals surface area contributed by atoms with Gasteiger partial charge in [-0.25, -0.2) is 0 Å². The monoisotopic (exact) mass is 267 g/mol. The maximum absolute atomic E-state index is 9.23. The van der Waals surface area contributed by atoms with Crippen LogP contribution in [0.2, 0.25) is 0 Å².